The standard InChI is InChI=1S/C20H28O7/c1-6-10(3)18(23)25-13-8-9(2)7-12(21)16(22)20(5)17(27-20)15-14(13)11(4)19(24)26-15/h6-7,11-17,21-22H,8H2,1-5H3/t11-,12+,13+,14+,15-,16-,17-,20+/m0/s1. The zero-order valence-corrected chi connectivity index (χ0v) is 16.3. The molecular weight excluding hydrogens is 352 g/mol. The summed E-state index contributed by atoms with van der Waals surface area (Å²) in [6.07, 6.45) is -0.517. The van der Waals surface area contributed by atoms with Crippen LogP contribution in [-0.2, 0) is 23.8 Å². The van der Waals surface area contributed by atoms with Crippen molar-refractivity contribution in [1.82, 2.24) is 0 Å². The van der Waals surface area contributed by atoms with E-state index in [-0.39, 0.29) is 5.97 Å². The van der Waals surface area contributed by atoms with Crippen molar-refractivity contribution in [3.05, 3.63) is 23.3 Å². The molecule has 3 aliphatic rings. The van der Waals surface area contributed by atoms with Crippen LogP contribution >= 0.6 is 0 Å². The molecule has 2 saturated heterocycles. The Kier molecular flexibility index (Phi) is 5.22. The SMILES string of the molecule is CC=C(C)C(=O)O[C@@H]1CC(C)=C[C@@H](O)[C@H](O)[C@@]2(C)O[C@H]2[C@H]2OC(=O)[C@@H](C)[C@@H]21. The van der Waals surface area contributed by atoms with E-state index in [2.05, 4.69) is 0 Å². The summed E-state index contributed by atoms with van der Waals surface area (Å²) < 4.78 is 17.0. The maximum Gasteiger partial charge on any atom is 0.333 e. The number of fused-ring (bicyclic) bond motifs is 3. The minimum atomic E-state index is -1.14. The lowest BCUT2D eigenvalue weighted by Crippen LogP contribution is -2.45. The first-order chi connectivity index (χ1) is 12.6. The van der Waals surface area contributed by atoms with E-state index in [1.54, 1.807) is 46.8 Å². The normalized spacial score (nSPS) is 44.6. The molecule has 3 rings (SSSR count). The highest BCUT2D eigenvalue weighted by Crippen LogP contribution is 2.50. The van der Waals surface area contributed by atoms with Gasteiger partial charge in [-0.05, 0) is 27.7 Å². The van der Waals surface area contributed by atoms with Crippen molar-refractivity contribution in [2.75, 3.05) is 0 Å². The number of ether oxygens (including phenoxy) is 3. The minimum absolute atomic E-state index is 0.331. The molecule has 7 heteroatoms. The van der Waals surface area contributed by atoms with Crippen LogP contribution < -0.4 is 0 Å². The van der Waals surface area contributed by atoms with E-state index in [1.807, 2.05) is 0 Å². The van der Waals surface area contributed by atoms with Crippen molar-refractivity contribution in [3.8, 4) is 0 Å². The van der Waals surface area contributed by atoms with Crippen LogP contribution in [-0.4, -0.2) is 58.3 Å². The fraction of sp³-hybridized carbons (Fsp3) is 0.700. The average Bonchev–Trinajstić information content (AvgIpc) is 3.21. The summed E-state index contributed by atoms with van der Waals surface area (Å²) in [5.41, 5.74) is 0.214. The molecular formula is C20H28O7. The smallest absolute Gasteiger partial charge is 0.333 e. The van der Waals surface area contributed by atoms with Crippen molar-refractivity contribution >= 4 is 11.9 Å². The maximum atomic E-state index is 12.4. The highest BCUT2D eigenvalue weighted by atomic mass is 16.7. The van der Waals surface area contributed by atoms with Gasteiger partial charge in [-0.2, -0.15) is 0 Å². The molecule has 2 heterocycles. The van der Waals surface area contributed by atoms with Gasteiger partial charge in [0.25, 0.3) is 0 Å². The highest BCUT2D eigenvalue weighted by Gasteiger charge is 2.68. The van der Waals surface area contributed by atoms with Gasteiger partial charge < -0.3 is 24.4 Å². The third-order valence-electron chi connectivity index (χ3n) is 6.10. The van der Waals surface area contributed by atoms with Crippen LogP contribution in [0.3, 0.4) is 0 Å². The molecule has 1 aliphatic carbocycles. The Morgan fingerprint density at radius 1 is 1.41 bits per heavy atom. The second-order valence-electron chi connectivity index (χ2n) is 8.06. The fourth-order valence-electron chi connectivity index (χ4n) is 4.14. The molecule has 0 saturated carbocycles. The first kappa shape index (κ1) is 20.0. The average molecular weight is 380 g/mol. The molecule has 0 bridgehead atoms. The minimum Gasteiger partial charge on any atom is -0.459 e. The monoisotopic (exact) mass is 380 g/mol. The number of hydrogen-bond donors (Lipinski definition) is 2. The van der Waals surface area contributed by atoms with E-state index in [0.717, 1.165) is 5.57 Å². The molecule has 0 amide bonds. The molecule has 2 aliphatic heterocycles. The van der Waals surface area contributed by atoms with Crippen molar-refractivity contribution in [2.24, 2.45) is 11.8 Å². The summed E-state index contributed by atoms with van der Waals surface area (Å²) in [5, 5.41) is 20.8. The lowest BCUT2D eigenvalue weighted by molar-refractivity contribution is -0.149. The van der Waals surface area contributed by atoms with Gasteiger partial charge in [0.1, 0.15) is 36.1 Å². The number of aliphatic hydroxyl groups is 2. The van der Waals surface area contributed by atoms with Crippen molar-refractivity contribution in [3.63, 3.8) is 0 Å². The zero-order chi connectivity index (χ0) is 20.1. The van der Waals surface area contributed by atoms with E-state index < -0.39 is 53.9 Å². The van der Waals surface area contributed by atoms with Crippen molar-refractivity contribution < 1.29 is 34.0 Å². The first-order valence-corrected chi connectivity index (χ1v) is 9.35. The maximum absolute atomic E-state index is 12.4. The van der Waals surface area contributed by atoms with Crippen molar-refractivity contribution in [1.29, 1.82) is 0 Å². The molecule has 0 unspecified atom stereocenters. The lowest BCUT2D eigenvalue weighted by atomic mass is 9.78. The summed E-state index contributed by atoms with van der Waals surface area (Å²) in [5.74, 6) is -1.69. The third kappa shape index (κ3) is 3.44. The molecule has 2 N–H and O–H groups in total. The second-order valence-corrected chi connectivity index (χ2v) is 8.06. The molecule has 8 atom stereocenters. The molecule has 0 aromatic carbocycles. The largest absolute Gasteiger partial charge is 0.459 e. The van der Waals surface area contributed by atoms with E-state index in [1.165, 1.54) is 0 Å². The Morgan fingerprint density at radius 2 is 2.07 bits per heavy atom. The molecule has 0 spiro atoms. The molecule has 150 valence electrons. The van der Waals surface area contributed by atoms with Gasteiger partial charge in [0.2, 0.25) is 0 Å². The molecule has 7 nitrogen and oxygen atoms in total. The third-order valence-corrected chi connectivity index (χ3v) is 6.10. The molecule has 0 radical (unpaired) electrons. The second kappa shape index (κ2) is 7.04. The topological polar surface area (TPSA) is 106 Å². The van der Waals surface area contributed by atoms with Crippen LogP contribution in [0.1, 0.15) is 41.0 Å². The zero-order valence-electron chi connectivity index (χ0n) is 16.3. The van der Waals surface area contributed by atoms with Gasteiger partial charge in [0, 0.05) is 17.9 Å². The fourth-order valence-corrected chi connectivity index (χ4v) is 4.14. The Balaban J connectivity index is 1.99. The van der Waals surface area contributed by atoms with E-state index in [0.29, 0.717) is 12.0 Å². The van der Waals surface area contributed by atoms with E-state index >= 15 is 0 Å². The van der Waals surface area contributed by atoms with Crippen molar-refractivity contribution in [2.45, 2.75) is 77.2 Å². The Bertz CT molecular complexity index is 696. The summed E-state index contributed by atoms with van der Waals surface area (Å²) in [6, 6.07) is 0. The van der Waals surface area contributed by atoms with Crippen LogP contribution in [0.2, 0.25) is 0 Å². The number of aliphatic hydroxyl groups excluding tert-OH is 2. The summed E-state index contributed by atoms with van der Waals surface area (Å²) >= 11 is 0. The summed E-state index contributed by atoms with van der Waals surface area (Å²) in [4.78, 5) is 24.7. The number of carbonyl (C=O) groups is 2. The van der Waals surface area contributed by atoms with Gasteiger partial charge in [0.15, 0.2) is 0 Å². The van der Waals surface area contributed by atoms with Gasteiger partial charge in [-0.1, -0.05) is 24.6 Å². The Morgan fingerprint density at radius 3 is 2.70 bits per heavy atom. The van der Waals surface area contributed by atoms with E-state index in [9.17, 15) is 19.8 Å². The Hall–Kier alpha value is -1.70. The summed E-state index contributed by atoms with van der Waals surface area (Å²) in [7, 11) is 0. The summed E-state index contributed by atoms with van der Waals surface area (Å²) in [6.45, 7) is 8.67. The molecule has 0 aromatic heterocycles. The van der Waals surface area contributed by atoms with Gasteiger partial charge in [-0.3, -0.25) is 4.79 Å². The van der Waals surface area contributed by atoms with Gasteiger partial charge in [-0.15, -0.1) is 0 Å². The number of epoxide rings is 1. The van der Waals surface area contributed by atoms with Crippen LogP contribution in [0.5, 0.6) is 0 Å². The predicted molar refractivity (Wildman–Crippen MR) is 95.5 cm³/mol. The van der Waals surface area contributed by atoms with Gasteiger partial charge >= 0.3 is 11.9 Å². The highest BCUT2D eigenvalue weighted by molar-refractivity contribution is 5.87. The number of esters is 2. The number of hydrogen-bond acceptors (Lipinski definition) is 7. The number of rotatable bonds is 2. The van der Waals surface area contributed by atoms with Gasteiger partial charge in [-0.25, -0.2) is 4.79 Å². The molecule has 2 fully saturated rings. The molecule has 0 aromatic rings. The predicted octanol–water partition coefficient (Wildman–Crippen LogP) is 1.27. The quantitative estimate of drug-likeness (QED) is 0.322. The van der Waals surface area contributed by atoms with Crippen LogP contribution in [0.25, 0.3) is 0 Å². The number of allylic oxidation sites excluding steroid dienone is 1. The number of carbonyl (C=O) groups excluding carboxylic acids is 2. The molecule has 27 heavy (non-hydrogen) atoms. The van der Waals surface area contributed by atoms with Crippen LogP contribution in [0, 0.1) is 11.8 Å². The Labute approximate surface area is 159 Å². The van der Waals surface area contributed by atoms with Gasteiger partial charge in [0.05, 0.1) is 5.92 Å². The van der Waals surface area contributed by atoms with Crippen LogP contribution in [0.4, 0.5) is 0 Å². The van der Waals surface area contributed by atoms with E-state index in [4.69, 9.17) is 14.2 Å². The van der Waals surface area contributed by atoms with Crippen LogP contribution in [0.15, 0.2) is 23.3 Å². The first-order valence-electron chi connectivity index (χ1n) is 9.35. The lowest BCUT2D eigenvalue weighted by Gasteiger charge is -2.31.